The molecule has 0 amide bonds. The maximum Gasteiger partial charge on any atom is 0 e. The van der Waals surface area contributed by atoms with Gasteiger partial charge in [-0.15, -0.1) is 0 Å². The fraction of sp³-hybridized carbons (Fsp3) is 0.650. The van der Waals surface area contributed by atoms with Crippen LogP contribution >= 0.6 is 0 Å². The average Bonchev–Trinajstić information content (AvgIpc) is 2.62. The van der Waals surface area contributed by atoms with E-state index in [-0.39, 0.29) is 20.1 Å². The van der Waals surface area contributed by atoms with E-state index in [0.717, 1.165) is 6.42 Å². The molecule has 0 aliphatic carbocycles. The van der Waals surface area contributed by atoms with E-state index in [9.17, 15) is 0 Å². The summed E-state index contributed by atoms with van der Waals surface area (Å²) >= 11 is 0. The summed E-state index contributed by atoms with van der Waals surface area (Å²) in [5, 5.41) is 0. The smallest absolute Gasteiger partial charge is 0 e. The van der Waals surface area contributed by atoms with Crippen LogP contribution < -0.4 is 0 Å². The van der Waals surface area contributed by atoms with Crippen LogP contribution in [0, 0.1) is 41.2 Å². The first-order chi connectivity index (χ1) is 9.47. The molecule has 0 unspecified atom stereocenters. The van der Waals surface area contributed by atoms with Gasteiger partial charge in [0.1, 0.15) is 0 Å². The van der Waals surface area contributed by atoms with E-state index in [1.54, 1.807) is 6.08 Å². The van der Waals surface area contributed by atoms with Crippen molar-refractivity contribution in [2.75, 3.05) is 0 Å². The molecule has 0 fully saturated rings. The van der Waals surface area contributed by atoms with E-state index in [1.165, 1.54) is 66.3 Å². The Morgan fingerprint density at radius 2 is 1.29 bits per heavy atom. The van der Waals surface area contributed by atoms with Gasteiger partial charge in [-0.1, -0.05) is 86.5 Å². The summed E-state index contributed by atoms with van der Waals surface area (Å²) in [4.78, 5) is 0. The predicted octanol–water partition coefficient (Wildman–Crippen LogP) is 6.67. The monoisotopic (exact) mass is 467 g/mol. The van der Waals surface area contributed by atoms with Gasteiger partial charge in [0.2, 0.25) is 0 Å². The van der Waals surface area contributed by atoms with Gasteiger partial charge in [0.05, 0.1) is 0 Å². The molecule has 21 heavy (non-hydrogen) atoms. The summed E-state index contributed by atoms with van der Waals surface area (Å²) in [5.41, 5.74) is 7.34. The van der Waals surface area contributed by atoms with Crippen molar-refractivity contribution in [2.24, 2.45) is 0 Å². The SMILES string of the molecule is Cc1c(C)c(C)[c-](C)c1C.[CH-]=CCCCCCCCC.[Ir]. The second kappa shape index (κ2) is 13.4. The maximum atomic E-state index is 5.24. The normalized spacial score (nSPS) is 9.62. The van der Waals surface area contributed by atoms with Gasteiger partial charge in [0, 0.05) is 20.1 Å². The molecule has 1 aromatic carbocycles. The van der Waals surface area contributed by atoms with Crippen LogP contribution in [0.2, 0.25) is 0 Å². The van der Waals surface area contributed by atoms with E-state index < -0.39 is 0 Å². The Kier molecular flexibility index (Phi) is 14.7. The third kappa shape index (κ3) is 8.69. The average molecular weight is 467 g/mol. The summed E-state index contributed by atoms with van der Waals surface area (Å²) in [5.74, 6) is 0. The van der Waals surface area contributed by atoms with Gasteiger partial charge in [-0.2, -0.15) is 27.8 Å². The van der Waals surface area contributed by atoms with Crippen LogP contribution in [0.1, 0.15) is 79.7 Å². The van der Waals surface area contributed by atoms with Crippen molar-refractivity contribution in [2.45, 2.75) is 86.5 Å². The Hall–Kier alpha value is -0.261. The summed E-state index contributed by atoms with van der Waals surface area (Å²) in [6.07, 6.45) is 11.0. The Morgan fingerprint density at radius 1 is 0.857 bits per heavy atom. The Morgan fingerprint density at radius 3 is 1.62 bits per heavy atom. The second-order valence-electron chi connectivity index (χ2n) is 5.92. The molecular weight excluding hydrogens is 432 g/mol. The summed E-state index contributed by atoms with van der Waals surface area (Å²) in [6.45, 7) is 18.5. The minimum atomic E-state index is 0. The third-order valence-electron chi connectivity index (χ3n) is 4.54. The molecule has 0 aliphatic rings. The molecular formula is C20H34Ir-2. The van der Waals surface area contributed by atoms with Crippen molar-refractivity contribution in [3.63, 3.8) is 0 Å². The van der Waals surface area contributed by atoms with Crippen LogP contribution in [0.5, 0.6) is 0 Å². The largest absolute Gasteiger partial charge is 0.518 e. The second-order valence-corrected chi connectivity index (χ2v) is 5.92. The van der Waals surface area contributed by atoms with Gasteiger partial charge in [0.25, 0.3) is 0 Å². The van der Waals surface area contributed by atoms with Gasteiger partial charge in [0.15, 0.2) is 0 Å². The van der Waals surface area contributed by atoms with Gasteiger partial charge < -0.3 is 6.58 Å². The maximum absolute atomic E-state index is 5.24. The van der Waals surface area contributed by atoms with Gasteiger partial charge in [-0.3, -0.25) is 6.08 Å². The van der Waals surface area contributed by atoms with E-state index in [0.29, 0.717) is 0 Å². The van der Waals surface area contributed by atoms with Gasteiger partial charge in [-0.05, 0) is 0 Å². The van der Waals surface area contributed by atoms with Crippen LogP contribution in [0.4, 0.5) is 0 Å². The molecule has 0 N–H and O–H groups in total. The van der Waals surface area contributed by atoms with Crippen LogP contribution in [-0.2, 0) is 20.1 Å². The van der Waals surface area contributed by atoms with Crippen molar-refractivity contribution in [3.8, 4) is 0 Å². The standard InChI is InChI=1S/C10H15.C10H19.Ir/c1-6-7(2)9(4)10(5)8(6)3;1-3-5-7-9-10-8-6-4-2;/h1-5H3;1,3H,4-10H2,2H3;/q2*-1;. The zero-order chi connectivity index (χ0) is 15.5. The van der Waals surface area contributed by atoms with E-state index >= 15 is 0 Å². The summed E-state index contributed by atoms with van der Waals surface area (Å²) in [6, 6.07) is 0. The first-order valence-corrected chi connectivity index (χ1v) is 8.20. The first kappa shape index (κ1) is 23.0. The number of hydrogen-bond acceptors (Lipinski definition) is 0. The predicted molar refractivity (Wildman–Crippen MR) is 92.6 cm³/mol. The summed E-state index contributed by atoms with van der Waals surface area (Å²) in [7, 11) is 0. The topological polar surface area (TPSA) is 0 Å². The molecule has 0 heterocycles. The van der Waals surface area contributed by atoms with Gasteiger partial charge in [-0.25, -0.2) is 0 Å². The van der Waals surface area contributed by atoms with Crippen molar-refractivity contribution in [1.82, 2.24) is 0 Å². The molecule has 1 radical (unpaired) electrons. The Balaban J connectivity index is 0. The fourth-order valence-corrected chi connectivity index (χ4v) is 2.45. The zero-order valence-electron chi connectivity index (χ0n) is 14.9. The molecule has 1 heteroatoms. The summed E-state index contributed by atoms with van der Waals surface area (Å²) < 4.78 is 0. The molecule has 0 nitrogen and oxygen atoms in total. The number of unbranched alkanes of at least 4 members (excludes halogenated alkanes) is 6. The molecule has 0 bridgehead atoms. The Labute approximate surface area is 147 Å². The van der Waals surface area contributed by atoms with Crippen LogP contribution in [-0.4, -0.2) is 0 Å². The minimum Gasteiger partial charge on any atom is -0.518 e. The van der Waals surface area contributed by atoms with E-state index in [1.807, 2.05) is 0 Å². The van der Waals surface area contributed by atoms with E-state index in [4.69, 9.17) is 6.58 Å². The molecule has 1 rings (SSSR count). The van der Waals surface area contributed by atoms with Crippen molar-refractivity contribution in [3.05, 3.63) is 40.5 Å². The molecule has 1 aromatic rings. The zero-order valence-corrected chi connectivity index (χ0v) is 17.3. The number of rotatable bonds is 7. The van der Waals surface area contributed by atoms with E-state index in [2.05, 4.69) is 41.5 Å². The van der Waals surface area contributed by atoms with Crippen molar-refractivity contribution >= 4 is 0 Å². The molecule has 0 aromatic heterocycles. The molecule has 0 saturated carbocycles. The van der Waals surface area contributed by atoms with Crippen molar-refractivity contribution in [1.29, 1.82) is 0 Å². The van der Waals surface area contributed by atoms with Crippen LogP contribution in [0.15, 0.2) is 6.08 Å². The van der Waals surface area contributed by atoms with Gasteiger partial charge >= 0.3 is 0 Å². The molecule has 125 valence electrons. The van der Waals surface area contributed by atoms with Crippen molar-refractivity contribution < 1.29 is 20.1 Å². The first-order valence-electron chi connectivity index (χ1n) is 8.20. The van der Waals surface area contributed by atoms with Crippen LogP contribution in [0.3, 0.4) is 0 Å². The fourth-order valence-electron chi connectivity index (χ4n) is 2.45. The molecule has 0 aliphatic heterocycles. The third-order valence-corrected chi connectivity index (χ3v) is 4.54. The number of hydrogen-bond donors (Lipinski definition) is 0. The minimum absolute atomic E-state index is 0. The molecule has 0 saturated heterocycles. The molecule has 0 spiro atoms. The number of allylic oxidation sites excluding steroid dienone is 1. The molecule has 0 atom stereocenters. The van der Waals surface area contributed by atoms with Crippen LogP contribution in [0.25, 0.3) is 0 Å². The Bertz CT molecular complexity index is 305. The quantitative estimate of drug-likeness (QED) is 0.311.